The molecule has 0 bridgehead atoms. The average Bonchev–Trinajstić information content (AvgIpc) is 2.19. The molecule has 1 N–H and O–H groups in total. The minimum Gasteiger partial charge on any atom is -0.346 e. The zero-order chi connectivity index (χ0) is 13.2. The molecule has 1 aliphatic heterocycles. The molecule has 2 unspecified atom stereocenters. The molecule has 2 atom stereocenters. The minimum atomic E-state index is 0.0364. The zero-order valence-electron chi connectivity index (χ0n) is 11.9. The van der Waals surface area contributed by atoms with Crippen molar-refractivity contribution in [1.82, 2.24) is 5.32 Å². The predicted molar refractivity (Wildman–Crippen MR) is 72.3 cm³/mol. The molecule has 3 nitrogen and oxygen atoms in total. The normalized spacial score (nSPS) is 25.5. The van der Waals surface area contributed by atoms with E-state index in [0.29, 0.717) is 17.8 Å². The smallest absolute Gasteiger partial charge is 0.265 e. The topological polar surface area (TPSA) is 41.5 Å². The second-order valence-corrected chi connectivity index (χ2v) is 6.15. The first-order chi connectivity index (χ1) is 7.82. The second-order valence-electron chi connectivity index (χ2n) is 6.15. The van der Waals surface area contributed by atoms with Gasteiger partial charge in [-0.1, -0.05) is 41.5 Å². The summed E-state index contributed by atoms with van der Waals surface area (Å²) in [5.41, 5.74) is 0.732. The van der Waals surface area contributed by atoms with Crippen LogP contribution in [0.3, 0.4) is 0 Å². The van der Waals surface area contributed by atoms with Crippen molar-refractivity contribution in [1.29, 1.82) is 0 Å². The molecule has 1 rings (SSSR count). The van der Waals surface area contributed by atoms with E-state index in [2.05, 4.69) is 46.9 Å². The summed E-state index contributed by atoms with van der Waals surface area (Å²) in [4.78, 5) is 16.7. The monoisotopic (exact) mass is 238 g/mol. The quantitative estimate of drug-likeness (QED) is 0.803. The molecule has 0 aromatic heterocycles. The largest absolute Gasteiger partial charge is 0.346 e. The molecule has 0 radical (unpaired) electrons. The van der Waals surface area contributed by atoms with E-state index in [4.69, 9.17) is 4.99 Å². The van der Waals surface area contributed by atoms with Gasteiger partial charge in [-0.25, -0.2) is 0 Å². The Bertz CT molecular complexity index is 305. The number of carbonyl (C=O) groups is 1. The number of carbonyl (C=O) groups excluding carboxylic acids is 1. The number of rotatable bonds is 4. The number of nitrogens with one attached hydrogen (secondary N) is 1. The van der Waals surface area contributed by atoms with Gasteiger partial charge in [0.2, 0.25) is 0 Å². The Labute approximate surface area is 105 Å². The van der Waals surface area contributed by atoms with Crippen LogP contribution in [-0.2, 0) is 4.79 Å². The Morgan fingerprint density at radius 2 is 1.71 bits per heavy atom. The maximum absolute atomic E-state index is 12.0. The Hall–Kier alpha value is -0.860. The Kier molecular flexibility index (Phi) is 4.72. The molecule has 0 aliphatic carbocycles. The molecule has 3 heteroatoms. The number of hydrogen-bond donors (Lipinski definition) is 1. The number of aliphatic imine (C=N–C) groups is 1. The van der Waals surface area contributed by atoms with Crippen LogP contribution < -0.4 is 5.32 Å². The first-order valence-electron chi connectivity index (χ1n) is 6.70. The van der Waals surface area contributed by atoms with Gasteiger partial charge in [0.1, 0.15) is 5.71 Å². The lowest BCUT2D eigenvalue weighted by Gasteiger charge is -2.35. The van der Waals surface area contributed by atoms with E-state index in [9.17, 15) is 4.79 Å². The van der Waals surface area contributed by atoms with E-state index >= 15 is 0 Å². The second kappa shape index (κ2) is 5.65. The molecule has 0 aromatic carbocycles. The van der Waals surface area contributed by atoms with Crippen molar-refractivity contribution in [3.63, 3.8) is 0 Å². The van der Waals surface area contributed by atoms with E-state index in [0.717, 1.165) is 12.1 Å². The van der Waals surface area contributed by atoms with Gasteiger partial charge in [0, 0.05) is 0 Å². The highest BCUT2D eigenvalue weighted by Crippen LogP contribution is 2.22. The number of hydrogen-bond acceptors (Lipinski definition) is 2. The lowest BCUT2D eigenvalue weighted by atomic mass is 9.87. The van der Waals surface area contributed by atoms with Crippen molar-refractivity contribution in [3.05, 3.63) is 0 Å². The maximum Gasteiger partial charge on any atom is 0.265 e. The van der Waals surface area contributed by atoms with Gasteiger partial charge in [-0.2, -0.15) is 0 Å². The van der Waals surface area contributed by atoms with Gasteiger partial charge in [0.05, 0.1) is 12.1 Å². The van der Waals surface area contributed by atoms with Crippen LogP contribution in [0, 0.1) is 17.8 Å². The Balaban J connectivity index is 2.94. The van der Waals surface area contributed by atoms with Crippen LogP contribution in [-0.4, -0.2) is 23.7 Å². The summed E-state index contributed by atoms with van der Waals surface area (Å²) in [6.45, 7) is 12.9. The van der Waals surface area contributed by atoms with Crippen molar-refractivity contribution in [3.8, 4) is 0 Å². The molecular weight excluding hydrogens is 212 g/mol. The molecular formula is C14H26N2O. The SMILES string of the molecule is CC(C)CC1=NC(C(C)C)C(C(C)C)NC1=O. The minimum absolute atomic E-state index is 0.0364. The summed E-state index contributed by atoms with van der Waals surface area (Å²) in [6.07, 6.45) is 0.778. The zero-order valence-corrected chi connectivity index (χ0v) is 11.9. The van der Waals surface area contributed by atoms with Crippen LogP contribution in [0.5, 0.6) is 0 Å². The van der Waals surface area contributed by atoms with Gasteiger partial charge in [0.25, 0.3) is 5.91 Å². The van der Waals surface area contributed by atoms with Crippen LogP contribution >= 0.6 is 0 Å². The van der Waals surface area contributed by atoms with Crippen LogP contribution in [0.15, 0.2) is 4.99 Å². The van der Waals surface area contributed by atoms with Gasteiger partial charge in [-0.15, -0.1) is 0 Å². The number of amides is 1. The fourth-order valence-electron chi connectivity index (χ4n) is 2.30. The van der Waals surface area contributed by atoms with E-state index in [-0.39, 0.29) is 18.0 Å². The summed E-state index contributed by atoms with van der Waals surface area (Å²) in [7, 11) is 0. The Morgan fingerprint density at radius 3 is 2.12 bits per heavy atom. The molecule has 1 aliphatic rings. The van der Waals surface area contributed by atoms with E-state index < -0.39 is 0 Å². The Morgan fingerprint density at radius 1 is 1.12 bits per heavy atom. The first kappa shape index (κ1) is 14.2. The first-order valence-corrected chi connectivity index (χ1v) is 6.70. The lowest BCUT2D eigenvalue weighted by molar-refractivity contribution is -0.116. The average molecular weight is 238 g/mol. The van der Waals surface area contributed by atoms with Gasteiger partial charge >= 0.3 is 0 Å². The van der Waals surface area contributed by atoms with Gasteiger partial charge < -0.3 is 5.32 Å². The highest BCUT2D eigenvalue weighted by molar-refractivity contribution is 6.39. The van der Waals surface area contributed by atoms with Gasteiger partial charge in [0.15, 0.2) is 0 Å². The van der Waals surface area contributed by atoms with Crippen LogP contribution in [0.1, 0.15) is 48.0 Å². The van der Waals surface area contributed by atoms with Gasteiger partial charge in [-0.05, 0) is 24.2 Å². The van der Waals surface area contributed by atoms with Crippen molar-refractivity contribution >= 4 is 11.6 Å². The van der Waals surface area contributed by atoms with Crippen LogP contribution in [0.4, 0.5) is 0 Å². The molecule has 98 valence electrons. The molecule has 1 amide bonds. The molecule has 0 fully saturated rings. The maximum atomic E-state index is 12.0. The van der Waals surface area contributed by atoms with Crippen molar-refractivity contribution in [2.45, 2.75) is 60.0 Å². The third-order valence-corrected chi connectivity index (χ3v) is 3.24. The van der Waals surface area contributed by atoms with E-state index in [1.807, 2.05) is 0 Å². The molecule has 0 saturated carbocycles. The molecule has 17 heavy (non-hydrogen) atoms. The molecule has 0 spiro atoms. The summed E-state index contributed by atoms with van der Waals surface area (Å²) >= 11 is 0. The fraction of sp³-hybridized carbons (Fsp3) is 0.857. The van der Waals surface area contributed by atoms with E-state index in [1.165, 1.54) is 0 Å². The van der Waals surface area contributed by atoms with Crippen LogP contribution in [0.25, 0.3) is 0 Å². The summed E-state index contributed by atoms with van der Waals surface area (Å²) in [5.74, 6) is 1.40. The van der Waals surface area contributed by atoms with Gasteiger partial charge in [-0.3, -0.25) is 9.79 Å². The van der Waals surface area contributed by atoms with E-state index in [1.54, 1.807) is 0 Å². The molecule has 1 heterocycles. The predicted octanol–water partition coefficient (Wildman–Crippen LogP) is 2.65. The standard InChI is InChI=1S/C14H26N2O/c1-8(2)7-11-14(17)16-13(10(5)6)12(15-11)9(3)4/h8-10,12-13H,7H2,1-6H3,(H,16,17). The highest BCUT2D eigenvalue weighted by Gasteiger charge is 2.34. The summed E-state index contributed by atoms with van der Waals surface area (Å²) < 4.78 is 0. The third-order valence-electron chi connectivity index (χ3n) is 3.24. The number of nitrogens with zero attached hydrogens (tertiary/aromatic N) is 1. The summed E-state index contributed by atoms with van der Waals surface area (Å²) in [5, 5.41) is 3.13. The fourth-order valence-corrected chi connectivity index (χ4v) is 2.30. The van der Waals surface area contributed by atoms with Crippen molar-refractivity contribution in [2.75, 3.05) is 0 Å². The highest BCUT2D eigenvalue weighted by atomic mass is 16.2. The summed E-state index contributed by atoms with van der Waals surface area (Å²) in [6, 6.07) is 0.403. The molecule has 0 aromatic rings. The van der Waals surface area contributed by atoms with Crippen LogP contribution in [0.2, 0.25) is 0 Å². The van der Waals surface area contributed by atoms with Crippen molar-refractivity contribution < 1.29 is 4.79 Å². The van der Waals surface area contributed by atoms with Crippen molar-refractivity contribution in [2.24, 2.45) is 22.7 Å². The lowest BCUT2D eigenvalue weighted by Crippen LogP contribution is -2.54. The molecule has 0 saturated heterocycles. The third kappa shape index (κ3) is 3.55.